The first-order chi connectivity index (χ1) is 18.7. The molecule has 6 unspecified atom stereocenters. The summed E-state index contributed by atoms with van der Waals surface area (Å²) in [5.41, 5.74) is 0.975. The second-order valence-corrected chi connectivity index (χ2v) is 12.2. The quantitative estimate of drug-likeness (QED) is 0.227. The second-order valence-electron chi connectivity index (χ2n) is 11.1. The summed E-state index contributed by atoms with van der Waals surface area (Å²) >= 11 is 1.59. The zero-order valence-corrected chi connectivity index (χ0v) is 24.0. The Bertz CT molecular complexity index is 1110. The number of nitrogens with zero attached hydrogens (tertiary/aromatic N) is 1. The van der Waals surface area contributed by atoms with Crippen LogP contribution in [0.2, 0.25) is 0 Å². The van der Waals surface area contributed by atoms with Crippen molar-refractivity contribution in [1.29, 1.82) is 0 Å². The molecule has 2 aromatic carbocycles. The highest BCUT2D eigenvalue weighted by atomic mass is 32.2. The number of thioether (sulfide) groups is 1. The van der Waals surface area contributed by atoms with Crippen molar-refractivity contribution >= 4 is 23.6 Å². The molecule has 2 fully saturated rings. The fourth-order valence-electron chi connectivity index (χ4n) is 6.13. The number of aliphatic hydroxyl groups excluding tert-OH is 2. The van der Waals surface area contributed by atoms with Crippen molar-refractivity contribution in [2.75, 3.05) is 18.8 Å². The highest BCUT2D eigenvalue weighted by Gasteiger charge is 2.40. The van der Waals surface area contributed by atoms with Gasteiger partial charge in [0, 0.05) is 47.8 Å². The molecule has 4 rings (SSSR count). The summed E-state index contributed by atoms with van der Waals surface area (Å²) in [6, 6.07) is 14.4. The Labute approximate surface area is 236 Å². The molecule has 7 nitrogen and oxygen atoms in total. The molecule has 1 aliphatic heterocycles. The Hall–Kier alpha value is -2.39. The van der Waals surface area contributed by atoms with Crippen molar-refractivity contribution in [3.8, 4) is 5.75 Å². The van der Waals surface area contributed by atoms with Crippen LogP contribution in [0.15, 0.2) is 53.4 Å². The van der Waals surface area contributed by atoms with E-state index in [0.717, 1.165) is 17.9 Å². The van der Waals surface area contributed by atoms with E-state index in [2.05, 4.69) is 10.2 Å². The number of amides is 1. The van der Waals surface area contributed by atoms with Crippen LogP contribution >= 0.6 is 11.8 Å². The van der Waals surface area contributed by atoms with Gasteiger partial charge in [0.2, 0.25) is 0 Å². The van der Waals surface area contributed by atoms with Gasteiger partial charge in [-0.1, -0.05) is 43.5 Å². The van der Waals surface area contributed by atoms with E-state index in [9.17, 15) is 19.8 Å². The summed E-state index contributed by atoms with van der Waals surface area (Å²) in [6.45, 7) is 6.17. The highest BCUT2D eigenvalue weighted by Crippen LogP contribution is 2.39. The first-order valence-electron chi connectivity index (χ1n) is 14.1. The molecule has 8 heteroatoms. The summed E-state index contributed by atoms with van der Waals surface area (Å²) in [5, 5.41) is 25.2. The standard InChI is InChI=1S/C31H42N2O5S/c1-20-26(14-9-15-30(20)38-22(3)35)31(37)32-27(19-39-25-12-5-4-6-13-25)29(36)18-33-17-24-11-8-7-10-23(24)16-28(33)21(2)34/h4-6,9,12-15,21,23-24,27-29,34,36H,7-8,10-11,16-19H2,1-3H3,(H,32,37). The van der Waals surface area contributed by atoms with Gasteiger partial charge in [-0.2, -0.15) is 0 Å². The molecule has 2 aromatic rings. The molecular formula is C31H42N2O5S. The minimum atomic E-state index is -0.830. The second kappa shape index (κ2) is 13.8. The summed E-state index contributed by atoms with van der Waals surface area (Å²) in [6.07, 6.45) is 4.57. The smallest absolute Gasteiger partial charge is 0.308 e. The van der Waals surface area contributed by atoms with E-state index in [1.165, 1.54) is 32.6 Å². The number of ether oxygens (including phenoxy) is 1. The van der Waals surface area contributed by atoms with Gasteiger partial charge in [0.25, 0.3) is 5.91 Å². The van der Waals surface area contributed by atoms with E-state index in [0.29, 0.717) is 41.0 Å². The molecule has 212 valence electrons. The summed E-state index contributed by atoms with van der Waals surface area (Å²) in [5.74, 6) is 1.30. The summed E-state index contributed by atoms with van der Waals surface area (Å²) < 4.78 is 5.27. The molecule has 2 aliphatic rings. The van der Waals surface area contributed by atoms with Crippen LogP contribution in [0.25, 0.3) is 0 Å². The first kappa shape index (κ1) is 29.6. The number of aliphatic hydroxyl groups is 2. The molecular weight excluding hydrogens is 512 g/mol. The van der Waals surface area contributed by atoms with Crippen LogP contribution in [0, 0.1) is 18.8 Å². The van der Waals surface area contributed by atoms with Gasteiger partial charge in [0.05, 0.1) is 18.2 Å². The fourth-order valence-corrected chi connectivity index (χ4v) is 7.16. The van der Waals surface area contributed by atoms with Crippen LogP contribution in [0.3, 0.4) is 0 Å². The van der Waals surface area contributed by atoms with Crippen LogP contribution in [0.1, 0.15) is 61.9 Å². The van der Waals surface area contributed by atoms with Gasteiger partial charge < -0.3 is 20.3 Å². The number of carbonyl (C=O) groups excluding carboxylic acids is 2. The summed E-state index contributed by atoms with van der Waals surface area (Å²) in [7, 11) is 0. The molecule has 1 aliphatic carbocycles. The molecule has 1 saturated heterocycles. The third kappa shape index (κ3) is 7.84. The first-order valence-corrected chi connectivity index (χ1v) is 15.1. The van der Waals surface area contributed by atoms with E-state index in [4.69, 9.17) is 4.74 Å². The third-order valence-electron chi connectivity index (χ3n) is 8.26. The van der Waals surface area contributed by atoms with Crippen LogP contribution in [0.5, 0.6) is 5.75 Å². The largest absolute Gasteiger partial charge is 0.426 e. The van der Waals surface area contributed by atoms with E-state index in [1.807, 2.05) is 37.3 Å². The Balaban J connectivity index is 1.51. The molecule has 6 atom stereocenters. The van der Waals surface area contributed by atoms with Gasteiger partial charge in [-0.05, 0) is 62.8 Å². The number of hydrogen-bond acceptors (Lipinski definition) is 7. The molecule has 1 amide bonds. The Morgan fingerprint density at radius 2 is 1.79 bits per heavy atom. The molecule has 39 heavy (non-hydrogen) atoms. The topological polar surface area (TPSA) is 99.1 Å². The van der Waals surface area contributed by atoms with Crippen molar-refractivity contribution in [2.24, 2.45) is 11.8 Å². The number of carbonyl (C=O) groups is 2. The molecule has 0 bridgehead atoms. The Kier molecular flexibility index (Phi) is 10.5. The maximum Gasteiger partial charge on any atom is 0.308 e. The lowest BCUT2D eigenvalue weighted by Crippen LogP contribution is -2.57. The van der Waals surface area contributed by atoms with Crippen LogP contribution < -0.4 is 10.1 Å². The van der Waals surface area contributed by atoms with Gasteiger partial charge in [-0.15, -0.1) is 11.8 Å². The summed E-state index contributed by atoms with van der Waals surface area (Å²) in [4.78, 5) is 28.3. The number of rotatable bonds is 10. The molecule has 0 aromatic heterocycles. The number of β-amino-alcohol motifs (C(OH)–C–C–N with tert-alkyl or cyclic N) is 1. The van der Waals surface area contributed by atoms with Gasteiger partial charge in [0.15, 0.2) is 0 Å². The predicted molar refractivity (Wildman–Crippen MR) is 154 cm³/mol. The predicted octanol–water partition coefficient (Wildman–Crippen LogP) is 4.43. The van der Waals surface area contributed by atoms with Crippen LogP contribution in [0.4, 0.5) is 0 Å². The van der Waals surface area contributed by atoms with Gasteiger partial charge in [0.1, 0.15) is 5.75 Å². The zero-order valence-electron chi connectivity index (χ0n) is 23.2. The number of likely N-dealkylation sites (tertiary alicyclic amines) is 1. The highest BCUT2D eigenvalue weighted by molar-refractivity contribution is 7.99. The average Bonchev–Trinajstić information content (AvgIpc) is 2.91. The fraction of sp³-hybridized carbons (Fsp3) is 0.548. The Morgan fingerprint density at radius 1 is 1.08 bits per heavy atom. The minimum Gasteiger partial charge on any atom is -0.426 e. The molecule has 1 heterocycles. The maximum atomic E-state index is 13.5. The van der Waals surface area contributed by atoms with Crippen molar-refractivity contribution in [1.82, 2.24) is 10.2 Å². The van der Waals surface area contributed by atoms with Gasteiger partial charge in [-0.3, -0.25) is 14.5 Å². The Morgan fingerprint density at radius 3 is 2.49 bits per heavy atom. The normalized spacial score (nSPS) is 23.8. The minimum absolute atomic E-state index is 0.000200. The maximum absolute atomic E-state index is 13.5. The number of fused-ring (bicyclic) bond motifs is 1. The van der Waals surface area contributed by atoms with Crippen LogP contribution in [-0.4, -0.2) is 70.1 Å². The van der Waals surface area contributed by atoms with Crippen molar-refractivity contribution in [2.45, 2.75) is 82.1 Å². The van der Waals surface area contributed by atoms with Crippen LogP contribution in [-0.2, 0) is 4.79 Å². The van der Waals surface area contributed by atoms with E-state index < -0.39 is 24.2 Å². The lowest BCUT2D eigenvalue weighted by atomic mass is 9.72. The average molecular weight is 555 g/mol. The molecule has 1 saturated carbocycles. The van der Waals surface area contributed by atoms with Gasteiger partial charge >= 0.3 is 5.97 Å². The number of piperidine rings is 1. The SMILES string of the molecule is CC(=O)Oc1cccc(C(=O)NC(CSc2ccccc2)C(O)CN2CC3CCCCC3CC2C(C)O)c1C. The zero-order chi connectivity index (χ0) is 27.9. The van der Waals surface area contributed by atoms with E-state index in [1.54, 1.807) is 36.9 Å². The molecule has 3 N–H and O–H groups in total. The number of hydrogen-bond donors (Lipinski definition) is 3. The molecule has 0 radical (unpaired) electrons. The number of benzene rings is 2. The molecule has 0 spiro atoms. The number of esters is 1. The lowest BCUT2D eigenvalue weighted by molar-refractivity contribution is -0.131. The number of nitrogens with one attached hydrogen (secondary N) is 1. The van der Waals surface area contributed by atoms with Gasteiger partial charge in [-0.25, -0.2) is 0 Å². The van der Waals surface area contributed by atoms with Crippen molar-refractivity contribution < 1.29 is 24.5 Å². The van der Waals surface area contributed by atoms with E-state index >= 15 is 0 Å². The third-order valence-corrected chi connectivity index (χ3v) is 9.39. The van der Waals surface area contributed by atoms with Crippen molar-refractivity contribution in [3.05, 3.63) is 59.7 Å². The van der Waals surface area contributed by atoms with Crippen molar-refractivity contribution in [3.63, 3.8) is 0 Å². The monoisotopic (exact) mass is 554 g/mol. The lowest BCUT2D eigenvalue weighted by Gasteiger charge is -2.48. The van der Waals surface area contributed by atoms with E-state index in [-0.39, 0.29) is 11.9 Å².